The van der Waals surface area contributed by atoms with Gasteiger partial charge in [0.2, 0.25) is 0 Å². The average molecular weight is 384 g/mol. The number of ether oxygens (including phenoxy) is 2. The molecular weight excluding hydrogens is 370 g/mol. The first-order valence-electron chi connectivity index (χ1n) is 6.88. The van der Waals surface area contributed by atoms with Gasteiger partial charge < -0.3 is 9.47 Å². The molecule has 1 N–H and O–H groups in total. The van der Waals surface area contributed by atoms with Crippen LogP contribution < -0.4 is 4.72 Å². The third-order valence-corrected chi connectivity index (χ3v) is 4.87. The zero-order valence-corrected chi connectivity index (χ0v) is 14.8. The van der Waals surface area contributed by atoms with Gasteiger partial charge in [-0.3, -0.25) is 4.72 Å². The Balaban J connectivity index is 2.53. The fraction of sp³-hybridized carbons (Fsp3) is 0.125. The summed E-state index contributed by atoms with van der Waals surface area (Å²) in [4.78, 5) is 23.3. The van der Waals surface area contributed by atoms with Crippen LogP contribution in [0.4, 0.5) is 5.69 Å². The summed E-state index contributed by atoms with van der Waals surface area (Å²) in [5, 5.41) is 0.214. The Morgan fingerprint density at radius 2 is 1.56 bits per heavy atom. The maximum absolute atomic E-state index is 12.7. The van der Waals surface area contributed by atoms with Crippen molar-refractivity contribution >= 4 is 39.3 Å². The minimum atomic E-state index is -4.20. The van der Waals surface area contributed by atoms with Crippen LogP contribution in [0, 0.1) is 0 Å². The molecule has 7 nitrogen and oxygen atoms in total. The molecule has 0 aliphatic carbocycles. The molecule has 0 saturated heterocycles. The van der Waals surface area contributed by atoms with Gasteiger partial charge in [-0.05, 0) is 30.3 Å². The lowest BCUT2D eigenvalue weighted by atomic mass is 10.2. The summed E-state index contributed by atoms with van der Waals surface area (Å²) in [5.41, 5.74) is -0.232. The van der Waals surface area contributed by atoms with Crippen molar-refractivity contribution in [3.8, 4) is 0 Å². The molecule has 2 aromatic rings. The molecule has 0 saturated carbocycles. The van der Waals surface area contributed by atoms with Crippen LogP contribution in [0.1, 0.15) is 20.7 Å². The Bertz CT molecular complexity index is 926. The van der Waals surface area contributed by atoms with Gasteiger partial charge in [-0.15, -0.1) is 0 Å². The Morgan fingerprint density at radius 3 is 2.20 bits per heavy atom. The Hall–Kier alpha value is -2.58. The predicted octanol–water partition coefficient (Wildman–Crippen LogP) is 2.71. The number of sulfonamides is 1. The lowest BCUT2D eigenvalue weighted by Gasteiger charge is -2.13. The first-order valence-corrected chi connectivity index (χ1v) is 8.74. The van der Waals surface area contributed by atoms with E-state index in [1.807, 2.05) is 0 Å². The zero-order chi connectivity index (χ0) is 18.6. The van der Waals surface area contributed by atoms with Crippen molar-refractivity contribution < 1.29 is 27.5 Å². The highest BCUT2D eigenvalue weighted by atomic mass is 35.5. The van der Waals surface area contributed by atoms with E-state index in [1.165, 1.54) is 49.6 Å². The van der Waals surface area contributed by atoms with Crippen LogP contribution in [0.3, 0.4) is 0 Å². The average Bonchev–Trinajstić information content (AvgIpc) is 2.60. The van der Waals surface area contributed by atoms with E-state index in [9.17, 15) is 18.0 Å². The fourth-order valence-corrected chi connectivity index (χ4v) is 3.51. The summed E-state index contributed by atoms with van der Waals surface area (Å²) >= 11 is 5.88. The van der Waals surface area contributed by atoms with E-state index in [1.54, 1.807) is 0 Å². The summed E-state index contributed by atoms with van der Waals surface area (Å²) in [6.45, 7) is 0. The third-order valence-electron chi connectivity index (χ3n) is 3.21. The van der Waals surface area contributed by atoms with Crippen molar-refractivity contribution in [3.63, 3.8) is 0 Å². The Labute approximate surface area is 149 Å². The number of nitrogens with one attached hydrogen (secondary N) is 1. The van der Waals surface area contributed by atoms with Crippen LogP contribution in [0.2, 0.25) is 5.02 Å². The molecule has 0 aromatic heterocycles. The molecule has 25 heavy (non-hydrogen) atoms. The number of carbonyl (C=O) groups is 2. The zero-order valence-electron chi connectivity index (χ0n) is 13.3. The topological polar surface area (TPSA) is 98.8 Å². The van der Waals surface area contributed by atoms with Crippen LogP contribution >= 0.6 is 11.6 Å². The molecule has 132 valence electrons. The van der Waals surface area contributed by atoms with E-state index < -0.39 is 22.0 Å². The van der Waals surface area contributed by atoms with Crippen LogP contribution in [-0.4, -0.2) is 34.6 Å². The van der Waals surface area contributed by atoms with E-state index in [0.717, 1.165) is 7.11 Å². The number of anilines is 1. The summed E-state index contributed by atoms with van der Waals surface area (Å²) in [6, 6.07) is 9.56. The number of halogens is 1. The van der Waals surface area contributed by atoms with Crippen molar-refractivity contribution in [2.75, 3.05) is 18.9 Å². The minimum Gasteiger partial charge on any atom is -0.465 e. The van der Waals surface area contributed by atoms with Gasteiger partial charge >= 0.3 is 11.9 Å². The van der Waals surface area contributed by atoms with Crippen molar-refractivity contribution in [2.45, 2.75) is 4.90 Å². The van der Waals surface area contributed by atoms with Gasteiger partial charge in [0, 0.05) is 5.02 Å². The molecule has 0 amide bonds. The second-order valence-electron chi connectivity index (χ2n) is 4.77. The molecule has 0 bridgehead atoms. The van der Waals surface area contributed by atoms with Crippen LogP contribution in [0.15, 0.2) is 47.4 Å². The number of benzene rings is 2. The maximum atomic E-state index is 12.7. The quantitative estimate of drug-likeness (QED) is 0.797. The number of carbonyl (C=O) groups excluding carboxylic acids is 2. The molecule has 0 spiro atoms. The van der Waals surface area contributed by atoms with Gasteiger partial charge in [0.1, 0.15) is 4.90 Å². The van der Waals surface area contributed by atoms with Crippen molar-refractivity contribution in [2.24, 2.45) is 0 Å². The molecule has 0 aliphatic rings. The number of methoxy groups -OCH3 is 2. The highest BCUT2D eigenvalue weighted by Crippen LogP contribution is 2.26. The Morgan fingerprint density at radius 1 is 0.960 bits per heavy atom. The number of rotatable bonds is 5. The van der Waals surface area contributed by atoms with Gasteiger partial charge in [0.25, 0.3) is 10.0 Å². The third kappa shape index (κ3) is 4.09. The van der Waals surface area contributed by atoms with E-state index in [4.69, 9.17) is 11.6 Å². The maximum Gasteiger partial charge on any atom is 0.339 e. The molecule has 2 rings (SSSR count). The molecule has 2 aromatic carbocycles. The van der Waals surface area contributed by atoms with Gasteiger partial charge in [0.15, 0.2) is 0 Å². The second-order valence-corrected chi connectivity index (χ2v) is 6.86. The van der Waals surface area contributed by atoms with Gasteiger partial charge in [-0.25, -0.2) is 18.0 Å². The summed E-state index contributed by atoms with van der Waals surface area (Å²) in [7, 11) is -1.88. The molecule has 0 radical (unpaired) electrons. The second kappa shape index (κ2) is 7.54. The van der Waals surface area contributed by atoms with E-state index in [0.29, 0.717) is 0 Å². The van der Waals surface area contributed by atoms with E-state index in [-0.39, 0.29) is 26.7 Å². The summed E-state index contributed by atoms with van der Waals surface area (Å²) in [6.07, 6.45) is 0. The normalized spacial score (nSPS) is 10.8. The largest absolute Gasteiger partial charge is 0.465 e. The number of hydrogen-bond donors (Lipinski definition) is 1. The summed E-state index contributed by atoms with van der Waals surface area (Å²) < 4.78 is 36.9. The fourth-order valence-electron chi connectivity index (χ4n) is 2.07. The highest BCUT2D eigenvalue weighted by molar-refractivity contribution is 7.92. The standard InChI is InChI=1S/C16H14ClNO6S/c1-23-15(19)11-8-7-10(17)9-13(11)18-25(21,22)14-6-4-3-5-12(14)16(20)24-2/h3-9,18H,1-2H3. The lowest BCUT2D eigenvalue weighted by Crippen LogP contribution is -2.19. The van der Waals surface area contributed by atoms with E-state index in [2.05, 4.69) is 14.2 Å². The van der Waals surface area contributed by atoms with Gasteiger partial charge in [-0.1, -0.05) is 23.7 Å². The Kier molecular flexibility index (Phi) is 5.66. The number of esters is 2. The van der Waals surface area contributed by atoms with Crippen molar-refractivity contribution in [3.05, 3.63) is 58.6 Å². The molecular formula is C16H14ClNO6S. The summed E-state index contributed by atoms with van der Waals surface area (Å²) in [5.74, 6) is -1.55. The monoisotopic (exact) mass is 383 g/mol. The molecule has 0 unspecified atom stereocenters. The van der Waals surface area contributed by atoms with Crippen molar-refractivity contribution in [1.29, 1.82) is 0 Å². The lowest BCUT2D eigenvalue weighted by molar-refractivity contribution is 0.0589. The molecule has 9 heteroatoms. The first-order chi connectivity index (χ1) is 11.8. The first kappa shape index (κ1) is 18.8. The smallest absolute Gasteiger partial charge is 0.339 e. The minimum absolute atomic E-state index is 0.0222. The molecule has 0 aliphatic heterocycles. The van der Waals surface area contributed by atoms with Crippen molar-refractivity contribution in [1.82, 2.24) is 0 Å². The van der Waals surface area contributed by atoms with Crippen LogP contribution in [0.5, 0.6) is 0 Å². The highest BCUT2D eigenvalue weighted by Gasteiger charge is 2.25. The molecule has 0 heterocycles. The van der Waals surface area contributed by atoms with Crippen LogP contribution in [-0.2, 0) is 19.5 Å². The number of hydrogen-bond acceptors (Lipinski definition) is 6. The van der Waals surface area contributed by atoms with Gasteiger partial charge in [0.05, 0.1) is 31.0 Å². The van der Waals surface area contributed by atoms with E-state index >= 15 is 0 Å². The van der Waals surface area contributed by atoms with Gasteiger partial charge in [-0.2, -0.15) is 0 Å². The molecule has 0 fully saturated rings. The SMILES string of the molecule is COC(=O)c1ccc(Cl)cc1NS(=O)(=O)c1ccccc1C(=O)OC. The molecule has 0 atom stereocenters. The predicted molar refractivity (Wildman–Crippen MR) is 91.4 cm³/mol. The van der Waals surface area contributed by atoms with Crippen LogP contribution in [0.25, 0.3) is 0 Å².